The fraction of sp³-hybridized carbons (Fsp3) is 0.250. The van der Waals surface area contributed by atoms with Crippen LogP contribution in [0.25, 0.3) is 0 Å². The number of carboxylic acid groups (broad SMARTS) is 1. The predicted molar refractivity (Wildman–Crippen MR) is 136 cm³/mol. The fourth-order valence-electron chi connectivity index (χ4n) is 3.81. The third-order valence-electron chi connectivity index (χ3n) is 5.56. The minimum atomic E-state index is -1.35. The molecule has 14 heteroatoms. The molecule has 200 valence electrons. The molecule has 12 nitrogen and oxygen atoms in total. The van der Waals surface area contributed by atoms with Gasteiger partial charge in [-0.2, -0.15) is 0 Å². The van der Waals surface area contributed by atoms with Gasteiger partial charge in [-0.25, -0.2) is 0 Å². The van der Waals surface area contributed by atoms with E-state index in [1.807, 2.05) is 0 Å². The Bertz CT molecular complexity index is 1300. The highest BCUT2D eigenvalue weighted by Crippen LogP contribution is 2.34. The van der Waals surface area contributed by atoms with Crippen molar-refractivity contribution in [2.45, 2.75) is 25.4 Å². The molecule has 0 bridgehead atoms. The topological polar surface area (TPSA) is 173 Å². The van der Waals surface area contributed by atoms with E-state index in [1.165, 1.54) is 17.9 Å². The van der Waals surface area contributed by atoms with E-state index in [0.29, 0.717) is 0 Å². The number of phenols is 1. The van der Waals surface area contributed by atoms with Crippen molar-refractivity contribution in [3.05, 3.63) is 52.0 Å². The van der Waals surface area contributed by atoms with Crippen molar-refractivity contribution in [1.82, 2.24) is 10.6 Å². The molecule has 0 fully saturated rings. The molecule has 0 radical (unpaired) electrons. The number of rotatable bonds is 8. The van der Waals surface area contributed by atoms with Crippen LogP contribution < -0.4 is 20.4 Å². The molecule has 0 aliphatic carbocycles. The number of aromatic hydroxyl groups is 1. The van der Waals surface area contributed by atoms with Crippen LogP contribution in [0.4, 0.5) is 11.4 Å². The van der Waals surface area contributed by atoms with Gasteiger partial charge in [0.05, 0.1) is 40.4 Å². The number of para-hydroxylation sites is 2. The van der Waals surface area contributed by atoms with Gasteiger partial charge in [-0.3, -0.25) is 28.9 Å². The Hall–Kier alpha value is -4.16. The molecular weight excluding hydrogens is 543 g/mol. The molecule has 0 spiro atoms. The first-order valence-corrected chi connectivity index (χ1v) is 11.8. The Morgan fingerprint density at radius 2 is 1.74 bits per heavy atom. The van der Waals surface area contributed by atoms with Gasteiger partial charge in [-0.15, -0.1) is 0 Å². The molecule has 1 aliphatic rings. The van der Waals surface area contributed by atoms with Gasteiger partial charge in [-0.05, 0) is 24.3 Å². The lowest BCUT2D eigenvalue weighted by Gasteiger charge is -2.25. The minimum Gasteiger partial charge on any atom is -0.505 e. The van der Waals surface area contributed by atoms with Crippen molar-refractivity contribution in [1.29, 1.82) is 0 Å². The maximum Gasteiger partial charge on any atom is 0.305 e. The van der Waals surface area contributed by atoms with E-state index in [-0.39, 0.29) is 39.8 Å². The first-order valence-electron chi connectivity index (χ1n) is 11.1. The first-order chi connectivity index (χ1) is 17.9. The average molecular weight is 565 g/mol. The average Bonchev–Trinajstić information content (AvgIpc) is 2.96. The number of benzene rings is 2. The van der Waals surface area contributed by atoms with E-state index in [9.17, 15) is 33.9 Å². The van der Waals surface area contributed by atoms with Gasteiger partial charge < -0.3 is 30.5 Å². The SMILES string of the molecule is CC(=O)N1C[C@H](NC(=O)c2cc(Cl)c(O)c(Cl)c2)C(=O)N(CC(=O)NC(C=O)CC(=O)O)c2ccccc21. The third kappa shape index (κ3) is 6.39. The Labute approximate surface area is 226 Å². The highest BCUT2D eigenvalue weighted by Gasteiger charge is 2.37. The van der Waals surface area contributed by atoms with E-state index >= 15 is 0 Å². The van der Waals surface area contributed by atoms with E-state index in [1.54, 1.807) is 18.2 Å². The highest BCUT2D eigenvalue weighted by molar-refractivity contribution is 6.37. The van der Waals surface area contributed by atoms with Crippen LogP contribution in [0.2, 0.25) is 10.0 Å². The molecule has 4 N–H and O–H groups in total. The number of aliphatic carboxylic acids is 1. The van der Waals surface area contributed by atoms with Crippen LogP contribution in [-0.4, -0.2) is 71.3 Å². The maximum atomic E-state index is 13.6. The van der Waals surface area contributed by atoms with Crippen LogP contribution in [0.1, 0.15) is 23.7 Å². The number of halogens is 2. The van der Waals surface area contributed by atoms with Gasteiger partial charge in [0.25, 0.3) is 11.8 Å². The number of nitrogens with zero attached hydrogens (tertiary/aromatic N) is 2. The Morgan fingerprint density at radius 1 is 1.13 bits per heavy atom. The van der Waals surface area contributed by atoms with E-state index in [0.717, 1.165) is 17.0 Å². The van der Waals surface area contributed by atoms with Gasteiger partial charge >= 0.3 is 5.97 Å². The lowest BCUT2D eigenvalue weighted by atomic mass is 10.1. The lowest BCUT2D eigenvalue weighted by Crippen LogP contribution is -2.54. The number of amides is 4. The first kappa shape index (κ1) is 28.4. The molecular formula is C24H22Cl2N4O8. The van der Waals surface area contributed by atoms with Crippen LogP contribution in [0.15, 0.2) is 36.4 Å². The van der Waals surface area contributed by atoms with Crippen LogP contribution in [0, 0.1) is 0 Å². The molecule has 0 saturated carbocycles. The summed E-state index contributed by atoms with van der Waals surface area (Å²) in [6.45, 7) is 0.335. The molecule has 2 atom stereocenters. The Balaban J connectivity index is 1.96. The van der Waals surface area contributed by atoms with Gasteiger partial charge in [0.2, 0.25) is 11.8 Å². The van der Waals surface area contributed by atoms with Gasteiger partial charge in [0, 0.05) is 12.5 Å². The predicted octanol–water partition coefficient (Wildman–Crippen LogP) is 1.36. The van der Waals surface area contributed by atoms with Gasteiger partial charge in [0.1, 0.15) is 18.9 Å². The summed E-state index contributed by atoms with van der Waals surface area (Å²) in [6, 6.07) is 5.85. The van der Waals surface area contributed by atoms with Crippen molar-refractivity contribution in [3.8, 4) is 5.75 Å². The number of anilines is 2. The second kappa shape index (κ2) is 11.9. The van der Waals surface area contributed by atoms with Crippen molar-refractivity contribution in [2.75, 3.05) is 22.9 Å². The maximum absolute atomic E-state index is 13.6. The molecule has 0 saturated heterocycles. The summed E-state index contributed by atoms with van der Waals surface area (Å²) in [7, 11) is 0. The molecule has 38 heavy (non-hydrogen) atoms. The van der Waals surface area contributed by atoms with Crippen LogP contribution in [0.5, 0.6) is 5.75 Å². The van der Waals surface area contributed by atoms with Crippen molar-refractivity contribution in [2.24, 2.45) is 0 Å². The van der Waals surface area contributed by atoms with Crippen LogP contribution in [0.3, 0.4) is 0 Å². The van der Waals surface area contributed by atoms with Crippen molar-refractivity contribution < 1.29 is 39.0 Å². The van der Waals surface area contributed by atoms with Crippen LogP contribution in [-0.2, 0) is 24.0 Å². The molecule has 3 rings (SSSR count). The van der Waals surface area contributed by atoms with E-state index < -0.39 is 60.4 Å². The minimum absolute atomic E-state index is 0.0754. The summed E-state index contributed by atoms with van der Waals surface area (Å²) >= 11 is 11.8. The van der Waals surface area contributed by atoms with Gasteiger partial charge in [-0.1, -0.05) is 35.3 Å². The quantitative estimate of drug-likeness (QED) is 0.347. The largest absolute Gasteiger partial charge is 0.505 e. The molecule has 1 unspecified atom stereocenters. The number of aldehydes is 1. The summed E-state index contributed by atoms with van der Waals surface area (Å²) in [4.78, 5) is 76.3. The number of carbonyl (C=O) groups excluding carboxylic acids is 5. The molecule has 2 aromatic carbocycles. The standard InChI is InChI=1S/C24H22Cl2N4O8/c1-12(32)29-9-17(28-23(37)13-6-15(25)22(36)16(26)7-13)24(38)30(19-5-3-2-4-18(19)29)10-20(33)27-14(11-31)8-21(34)35/h2-7,11,14,17,36H,8-10H2,1H3,(H,27,33)(H,28,37)(H,34,35)/t14?,17-/m0/s1. The van der Waals surface area contributed by atoms with Crippen LogP contribution >= 0.6 is 23.2 Å². The zero-order chi connectivity index (χ0) is 28.1. The number of nitrogens with one attached hydrogen (secondary N) is 2. The number of fused-ring (bicyclic) bond motifs is 1. The summed E-state index contributed by atoms with van der Waals surface area (Å²) in [5, 5.41) is 23.0. The zero-order valence-electron chi connectivity index (χ0n) is 19.8. The zero-order valence-corrected chi connectivity index (χ0v) is 21.3. The van der Waals surface area contributed by atoms with E-state index in [2.05, 4.69) is 10.6 Å². The molecule has 2 aromatic rings. The summed E-state index contributed by atoms with van der Waals surface area (Å²) in [5.74, 6) is -4.59. The highest BCUT2D eigenvalue weighted by atomic mass is 35.5. The van der Waals surface area contributed by atoms with Crippen molar-refractivity contribution in [3.63, 3.8) is 0 Å². The number of carboxylic acids is 1. The number of carbonyl (C=O) groups is 6. The molecule has 0 aromatic heterocycles. The fourth-order valence-corrected chi connectivity index (χ4v) is 4.30. The van der Waals surface area contributed by atoms with E-state index in [4.69, 9.17) is 28.3 Å². The summed E-state index contributed by atoms with van der Waals surface area (Å²) in [5.41, 5.74) is 0.385. The second-order valence-corrected chi connectivity index (χ2v) is 9.08. The Kier molecular flexibility index (Phi) is 8.92. The Morgan fingerprint density at radius 3 is 2.29 bits per heavy atom. The smallest absolute Gasteiger partial charge is 0.305 e. The second-order valence-electron chi connectivity index (χ2n) is 8.27. The summed E-state index contributed by atoms with van der Waals surface area (Å²) < 4.78 is 0. The molecule has 1 aliphatic heterocycles. The normalized spacial score (nSPS) is 15.7. The monoisotopic (exact) mass is 564 g/mol. The van der Waals surface area contributed by atoms with Gasteiger partial charge in [0.15, 0.2) is 5.75 Å². The number of hydrogen-bond donors (Lipinski definition) is 4. The third-order valence-corrected chi connectivity index (χ3v) is 6.14. The lowest BCUT2D eigenvalue weighted by molar-refractivity contribution is -0.139. The summed E-state index contributed by atoms with van der Waals surface area (Å²) in [6.07, 6.45) is -0.396. The van der Waals surface area contributed by atoms with Crippen molar-refractivity contribution >= 4 is 70.5 Å². The molecule has 4 amide bonds. The number of hydrogen-bond acceptors (Lipinski definition) is 7. The molecule has 1 heterocycles. The number of phenolic OH excluding ortho intramolecular Hbond substituents is 1.